The van der Waals surface area contributed by atoms with Crippen LogP contribution in [0.15, 0.2) is 64.7 Å². The van der Waals surface area contributed by atoms with Crippen LogP contribution in [-0.4, -0.2) is 33.8 Å². The lowest BCUT2D eigenvalue weighted by molar-refractivity contribution is 0.0546. The summed E-state index contributed by atoms with van der Waals surface area (Å²) in [5.41, 5.74) is 5.75. The molecule has 1 atom stereocenters. The summed E-state index contributed by atoms with van der Waals surface area (Å²) in [7, 11) is 1.98. The maximum atomic E-state index is 5.71. The maximum Gasteiger partial charge on any atom is 0.0922 e. The first kappa shape index (κ1) is 21.2. The Labute approximate surface area is 196 Å². The van der Waals surface area contributed by atoms with Gasteiger partial charge in [0.05, 0.1) is 29.0 Å². The average Bonchev–Trinajstić information content (AvgIpc) is 3.32. The second-order valence-corrected chi connectivity index (χ2v) is 9.49. The van der Waals surface area contributed by atoms with Crippen LogP contribution in [-0.2, 0) is 11.8 Å². The number of hydrogen-bond donors (Lipinski definition) is 0. The Morgan fingerprint density at radius 1 is 1.19 bits per heavy atom. The van der Waals surface area contributed by atoms with Crippen molar-refractivity contribution in [2.45, 2.75) is 25.8 Å². The van der Waals surface area contributed by atoms with Crippen molar-refractivity contribution in [3.63, 3.8) is 0 Å². The minimum atomic E-state index is 0.216. The molecular formula is C26H27BrN4O. The summed E-state index contributed by atoms with van der Waals surface area (Å²) in [4.78, 5) is 4.88. The van der Waals surface area contributed by atoms with E-state index in [1.165, 1.54) is 11.1 Å². The van der Waals surface area contributed by atoms with Crippen molar-refractivity contribution in [1.29, 1.82) is 0 Å². The quantitative estimate of drug-likeness (QED) is 0.301. The molecule has 5 rings (SSSR count). The molecule has 5 nitrogen and oxygen atoms in total. The van der Waals surface area contributed by atoms with Crippen LogP contribution in [0.5, 0.6) is 0 Å². The Bertz CT molecular complexity index is 1310. The van der Waals surface area contributed by atoms with Gasteiger partial charge in [0.15, 0.2) is 0 Å². The molecule has 4 aromatic rings. The summed E-state index contributed by atoms with van der Waals surface area (Å²) in [5, 5.41) is 6.79. The van der Waals surface area contributed by atoms with E-state index < -0.39 is 0 Å². The van der Waals surface area contributed by atoms with Gasteiger partial charge in [0.25, 0.3) is 0 Å². The Morgan fingerprint density at radius 3 is 2.62 bits per heavy atom. The second kappa shape index (κ2) is 8.68. The highest BCUT2D eigenvalue weighted by molar-refractivity contribution is 9.12. The fourth-order valence-electron chi connectivity index (χ4n) is 5.11. The third kappa shape index (κ3) is 3.61. The van der Waals surface area contributed by atoms with E-state index >= 15 is 0 Å². The first-order chi connectivity index (χ1) is 15.6. The lowest BCUT2D eigenvalue weighted by atomic mass is 9.86. The van der Waals surface area contributed by atoms with Crippen LogP contribution < -0.4 is 0 Å². The van der Waals surface area contributed by atoms with Crippen molar-refractivity contribution < 1.29 is 4.74 Å². The van der Waals surface area contributed by atoms with Crippen molar-refractivity contribution >= 4 is 49.6 Å². The number of halogens is 1. The van der Waals surface area contributed by atoms with E-state index in [-0.39, 0.29) is 6.04 Å². The minimum absolute atomic E-state index is 0.216. The third-order valence-electron chi connectivity index (χ3n) is 6.58. The molecule has 0 bridgehead atoms. The standard InChI is InChI=1S/C26H27BrN4O/c1-17(27)15-28-25-18(2)31(23-10-9-22-21(24(23)25)16-29-30(22)3)26(19-7-5-4-6-8-19)20-11-13-32-14-12-20/h4-10,15-16,20,26H,1,11-14H2,2-3H3/t26-/m1/s1. The Morgan fingerprint density at radius 2 is 1.91 bits per heavy atom. The number of allylic oxidation sites excluding steroid dienone is 1. The van der Waals surface area contributed by atoms with Gasteiger partial charge in [0, 0.05) is 47.4 Å². The van der Waals surface area contributed by atoms with E-state index in [2.05, 4.69) is 81.6 Å². The van der Waals surface area contributed by atoms with Gasteiger partial charge in [-0.15, -0.1) is 0 Å². The zero-order valence-electron chi connectivity index (χ0n) is 18.5. The molecule has 0 unspecified atom stereocenters. The molecule has 1 saturated heterocycles. The highest BCUT2D eigenvalue weighted by Crippen LogP contribution is 2.44. The number of aliphatic imine (C=N–C) groups is 1. The largest absolute Gasteiger partial charge is 0.381 e. The van der Waals surface area contributed by atoms with Crippen molar-refractivity contribution in [2.24, 2.45) is 18.0 Å². The topological polar surface area (TPSA) is 44.3 Å². The van der Waals surface area contributed by atoms with E-state index in [4.69, 9.17) is 9.73 Å². The molecule has 2 aromatic heterocycles. The van der Waals surface area contributed by atoms with Crippen LogP contribution in [0.4, 0.5) is 5.69 Å². The molecule has 0 aliphatic carbocycles. The second-order valence-electron chi connectivity index (χ2n) is 8.48. The van der Waals surface area contributed by atoms with E-state index in [9.17, 15) is 0 Å². The number of benzene rings is 2. The van der Waals surface area contributed by atoms with Gasteiger partial charge in [0.2, 0.25) is 0 Å². The fourth-order valence-corrected chi connectivity index (χ4v) is 5.21. The number of rotatable bonds is 5. The molecule has 0 N–H and O–H groups in total. The van der Waals surface area contributed by atoms with Crippen molar-refractivity contribution in [3.05, 3.63) is 71.0 Å². The highest BCUT2D eigenvalue weighted by Gasteiger charge is 2.31. The van der Waals surface area contributed by atoms with Gasteiger partial charge in [-0.05, 0) is 59.3 Å². The Kier molecular flexibility index (Phi) is 5.74. The molecule has 0 radical (unpaired) electrons. The smallest absolute Gasteiger partial charge is 0.0922 e. The van der Waals surface area contributed by atoms with Gasteiger partial charge < -0.3 is 9.30 Å². The Balaban J connectivity index is 1.82. The number of aryl methyl sites for hydroxylation is 1. The van der Waals surface area contributed by atoms with Crippen LogP contribution in [0.1, 0.15) is 30.1 Å². The van der Waals surface area contributed by atoms with Crippen LogP contribution in [0.2, 0.25) is 0 Å². The van der Waals surface area contributed by atoms with Gasteiger partial charge >= 0.3 is 0 Å². The molecule has 6 heteroatoms. The summed E-state index contributed by atoms with van der Waals surface area (Å²) in [6.45, 7) is 7.75. The number of hydrogen-bond acceptors (Lipinski definition) is 3. The van der Waals surface area contributed by atoms with Crippen molar-refractivity contribution in [1.82, 2.24) is 14.3 Å². The molecule has 1 aliphatic rings. The fraction of sp³-hybridized carbons (Fsp3) is 0.308. The van der Waals surface area contributed by atoms with Crippen LogP contribution in [0, 0.1) is 12.8 Å². The van der Waals surface area contributed by atoms with Crippen LogP contribution >= 0.6 is 15.9 Å². The molecule has 1 aliphatic heterocycles. The third-order valence-corrected chi connectivity index (χ3v) is 6.78. The lowest BCUT2D eigenvalue weighted by Crippen LogP contribution is -2.27. The first-order valence-corrected chi connectivity index (χ1v) is 11.8. The van der Waals surface area contributed by atoms with E-state index in [0.717, 1.165) is 58.2 Å². The zero-order chi connectivity index (χ0) is 22.2. The summed E-state index contributed by atoms with van der Waals surface area (Å²) in [5.74, 6) is 0.494. The SMILES string of the molecule is C=C(Br)C=Nc1c(C)n([C@H](c2ccccc2)C2CCOCC2)c2ccc3c(cnn3C)c12. The molecule has 0 saturated carbocycles. The van der Waals surface area contributed by atoms with Crippen molar-refractivity contribution in [3.8, 4) is 0 Å². The van der Waals surface area contributed by atoms with Crippen LogP contribution in [0.3, 0.4) is 0 Å². The Hall–Kier alpha value is -2.70. The van der Waals surface area contributed by atoms with E-state index in [1.54, 1.807) is 6.21 Å². The van der Waals surface area contributed by atoms with Gasteiger partial charge in [-0.1, -0.05) is 36.9 Å². The summed E-state index contributed by atoms with van der Waals surface area (Å²) in [6.07, 6.45) is 5.83. The molecule has 0 spiro atoms. The number of ether oxygens (including phenoxy) is 1. The van der Waals surface area contributed by atoms with Gasteiger partial charge in [-0.3, -0.25) is 9.67 Å². The molecular weight excluding hydrogens is 464 g/mol. The predicted octanol–water partition coefficient (Wildman–Crippen LogP) is 6.46. The summed E-state index contributed by atoms with van der Waals surface area (Å²) < 4.78 is 10.9. The lowest BCUT2D eigenvalue weighted by Gasteiger charge is -2.33. The molecule has 0 amide bonds. The molecule has 3 heterocycles. The molecule has 32 heavy (non-hydrogen) atoms. The minimum Gasteiger partial charge on any atom is -0.381 e. The first-order valence-electron chi connectivity index (χ1n) is 11.0. The molecule has 1 fully saturated rings. The predicted molar refractivity (Wildman–Crippen MR) is 135 cm³/mol. The summed E-state index contributed by atoms with van der Waals surface area (Å²) >= 11 is 3.43. The maximum absolute atomic E-state index is 5.71. The monoisotopic (exact) mass is 490 g/mol. The number of aromatic nitrogens is 3. The van der Waals surface area contributed by atoms with E-state index in [0.29, 0.717) is 5.92 Å². The van der Waals surface area contributed by atoms with Gasteiger partial charge in [-0.2, -0.15) is 5.10 Å². The normalized spacial score (nSPS) is 16.3. The number of fused-ring (bicyclic) bond motifs is 3. The van der Waals surface area contributed by atoms with Crippen molar-refractivity contribution in [2.75, 3.05) is 13.2 Å². The van der Waals surface area contributed by atoms with Crippen LogP contribution in [0.25, 0.3) is 21.8 Å². The van der Waals surface area contributed by atoms with E-state index in [1.807, 2.05) is 17.9 Å². The molecule has 164 valence electrons. The average molecular weight is 491 g/mol. The number of nitrogens with zero attached hydrogens (tertiary/aromatic N) is 4. The van der Waals surface area contributed by atoms with Gasteiger partial charge in [-0.25, -0.2) is 0 Å². The zero-order valence-corrected chi connectivity index (χ0v) is 20.0. The summed E-state index contributed by atoms with van der Waals surface area (Å²) in [6, 6.07) is 15.5. The highest BCUT2D eigenvalue weighted by atomic mass is 79.9. The molecule has 2 aromatic carbocycles. The van der Waals surface area contributed by atoms with Gasteiger partial charge in [0.1, 0.15) is 0 Å².